The van der Waals surface area contributed by atoms with E-state index in [1.54, 1.807) is 23.5 Å². The summed E-state index contributed by atoms with van der Waals surface area (Å²) in [5, 5.41) is 0. The van der Waals surface area contributed by atoms with Gasteiger partial charge >= 0.3 is 6.36 Å². The molecule has 1 saturated heterocycles. The highest BCUT2D eigenvalue weighted by Gasteiger charge is 2.30. The minimum atomic E-state index is -4.64. The number of rotatable bonds is 9. The Labute approximate surface area is 190 Å². The highest BCUT2D eigenvalue weighted by molar-refractivity contribution is 7.16. The second-order valence-electron chi connectivity index (χ2n) is 8.11. The fraction of sp³-hybridized carbons (Fsp3) is 0.458. The van der Waals surface area contributed by atoms with Gasteiger partial charge in [-0.3, -0.25) is 4.90 Å². The Morgan fingerprint density at radius 2 is 1.69 bits per heavy atom. The SMILES string of the molecule is FC(F)(F)Oc1ccc(CCCCCCN2CCN(c3cccc4s[c]nc34)CC2)cc1. The Balaban J connectivity index is 1.10. The summed E-state index contributed by atoms with van der Waals surface area (Å²) in [4.78, 5) is 9.38. The molecule has 0 aliphatic carbocycles. The fourth-order valence-electron chi connectivity index (χ4n) is 4.17. The molecule has 8 heteroatoms. The Morgan fingerprint density at radius 3 is 2.44 bits per heavy atom. The first kappa shape index (κ1) is 22.9. The summed E-state index contributed by atoms with van der Waals surface area (Å²) in [5.74, 6) is -0.164. The van der Waals surface area contributed by atoms with Crippen LogP contribution in [0.15, 0.2) is 42.5 Å². The van der Waals surface area contributed by atoms with Crippen LogP contribution >= 0.6 is 11.3 Å². The summed E-state index contributed by atoms with van der Waals surface area (Å²) >= 11 is 1.56. The van der Waals surface area contributed by atoms with Crippen LogP contribution in [0.1, 0.15) is 31.2 Å². The number of fused-ring (bicyclic) bond motifs is 1. The third kappa shape index (κ3) is 6.36. The van der Waals surface area contributed by atoms with Crippen LogP contribution in [0.25, 0.3) is 10.2 Å². The number of alkyl halides is 3. The van der Waals surface area contributed by atoms with E-state index < -0.39 is 6.36 Å². The van der Waals surface area contributed by atoms with Crippen molar-refractivity contribution in [1.29, 1.82) is 0 Å². The van der Waals surface area contributed by atoms with Crippen molar-refractivity contribution in [1.82, 2.24) is 9.88 Å². The molecule has 2 aromatic carbocycles. The molecule has 171 valence electrons. The second kappa shape index (κ2) is 10.5. The number of piperazine rings is 1. The third-order valence-corrected chi connectivity index (χ3v) is 6.58. The molecule has 1 radical (unpaired) electrons. The van der Waals surface area contributed by atoms with Crippen molar-refractivity contribution in [2.75, 3.05) is 37.6 Å². The van der Waals surface area contributed by atoms with Crippen LogP contribution in [0, 0.1) is 5.51 Å². The largest absolute Gasteiger partial charge is 0.573 e. The van der Waals surface area contributed by atoms with Crippen molar-refractivity contribution in [2.45, 2.75) is 38.5 Å². The number of aromatic nitrogens is 1. The first-order chi connectivity index (χ1) is 15.5. The minimum absolute atomic E-state index is 0.164. The van der Waals surface area contributed by atoms with E-state index in [0.717, 1.165) is 63.1 Å². The Morgan fingerprint density at radius 1 is 0.938 bits per heavy atom. The Bertz CT molecular complexity index is 982. The van der Waals surface area contributed by atoms with Gasteiger partial charge in [0.1, 0.15) is 11.3 Å². The van der Waals surface area contributed by atoms with Crippen LogP contribution in [0.4, 0.5) is 18.9 Å². The number of anilines is 1. The van der Waals surface area contributed by atoms with Gasteiger partial charge in [-0.05, 0) is 55.6 Å². The second-order valence-corrected chi connectivity index (χ2v) is 8.94. The summed E-state index contributed by atoms with van der Waals surface area (Å²) in [5.41, 5.74) is 6.33. The van der Waals surface area contributed by atoms with E-state index in [1.807, 2.05) is 0 Å². The zero-order valence-corrected chi connectivity index (χ0v) is 18.7. The predicted molar refractivity (Wildman–Crippen MR) is 122 cm³/mol. The lowest BCUT2D eigenvalue weighted by Gasteiger charge is -2.36. The quantitative estimate of drug-likeness (QED) is 0.369. The van der Waals surface area contributed by atoms with Crippen LogP contribution in [-0.4, -0.2) is 49.0 Å². The number of halogens is 3. The van der Waals surface area contributed by atoms with Gasteiger partial charge in [0.15, 0.2) is 5.51 Å². The number of thiazole rings is 1. The van der Waals surface area contributed by atoms with Gasteiger partial charge in [0.05, 0.1) is 10.4 Å². The van der Waals surface area contributed by atoms with E-state index in [4.69, 9.17) is 0 Å². The van der Waals surface area contributed by atoms with E-state index in [2.05, 4.69) is 43.2 Å². The number of aryl methyl sites for hydroxylation is 1. The van der Waals surface area contributed by atoms with Gasteiger partial charge in [0, 0.05) is 26.2 Å². The maximum absolute atomic E-state index is 12.2. The number of hydrogen-bond donors (Lipinski definition) is 0. The normalized spacial score (nSPS) is 15.4. The summed E-state index contributed by atoms with van der Waals surface area (Å²) in [6.07, 6.45) is 0.760. The van der Waals surface area contributed by atoms with Gasteiger partial charge in [-0.15, -0.1) is 24.5 Å². The maximum atomic E-state index is 12.2. The molecule has 4 nitrogen and oxygen atoms in total. The lowest BCUT2D eigenvalue weighted by molar-refractivity contribution is -0.274. The predicted octanol–water partition coefficient (Wildman–Crippen LogP) is 5.92. The van der Waals surface area contributed by atoms with Crippen molar-refractivity contribution < 1.29 is 17.9 Å². The average Bonchev–Trinajstić information content (AvgIpc) is 3.26. The van der Waals surface area contributed by atoms with Gasteiger partial charge in [-0.1, -0.05) is 31.0 Å². The number of ether oxygens (including phenoxy) is 1. The molecule has 1 aliphatic heterocycles. The third-order valence-electron chi connectivity index (χ3n) is 5.85. The van der Waals surface area contributed by atoms with Crippen LogP contribution < -0.4 is 9.64 Å². The van der Waals surface area contributed by atoms with Crippen LogP contribution in [-0.2, 0) is 6.42 Å². The highest BCUT2D eigenvalue weighted by Crippen LogP contribution is 2.28. The number of unbranched alkanes of at least 4 members (excludes halogenated alkanes) is 3. The fourth-order valence-corrected chi connectivity index (χ4v) is 4.80. The molecule has 0 unspecified atom stereocenters. The molecule has 1 fully saturated rings. The van der Waals surface area contributed by atoms with E-state index in [9.17, 15) is 13.2 Å². The minimum Gasteiger partial charge on any atom is -0.406 e. The highest BCUT2D eigenvalue weighted by atomic mass is 32.1. The van der Waals surface area contributed by atoms with E-state index in [-0.39, 0.29) is 5.75 Å². The Kier molecular flexibility index (Phi) is 7.52. The molecular weight excluding hydrogens is 435 g/mol. The lowest BCUT2D eigenvalue weighted by Crippen LogP contribution is -2.46. The summed E-state index contributed by atoms with van der Waals surface area (Å²) in [6, 6.07) is 12.5. The van der Waals surface area contributed by atoms with Gasteiger partial charge < -0.3 is 9.64 Å². The molecule has 3 aromatic rings. The molecule has 1 aromatic heterocycles. The molecule has 0 N–H and O–H groups in total. The van der Waals surface area contributed by atoms with Crippen LogP contribution in [0.5, 0.6) is 5.75 Å². The van der Waals surface area contributed by atoms with E-state index >= 15 is 0 Å². The zero-order valence-electron chi connectivity index (χ0n) is 17.9. The standard InChI is InChI=1S/C24H27F3N3OS/c25-24(26,27)31-20-11-9-19(10-12-20)6-3-1-2-4-13-29-14-16-30(17-15-29)21-7-5-8-22-23(21)28-18-32-22/h5,7-12H,1-4,6,13-17H2. The van der Waals surface area contributed by atoms with Gasteiger partial charge in [-0.25, -0.2) is 4.98 Å². The maximum Gasteiger partial charge on any atom is 0.573 e. The Hall–Kier alpha value is -2.32. The van der Waals surface area contributed by atoms with Crippen molar-refractivity contribution in [3.05, 3.63) is 53.5 Å². The molecule has 4 rings (SSSR count). The van der Waals surface area contributed by atoms with Crippen LogP contribution in [0.3, 0.4) is 0 Å². The average molecular weight is 463 g/mol. The zero-order chi connectivity index (χ0) is 22.4. The first-order valence-corrected chi connectivity index (χ1v) is 11.9. The van der Waals surface area contributed by atoms with Gasteiger partial charge in [0.25, 0.3) is 0 Å². The number of benzene rings is 2. The van der Waals surface area contributed by atoms with E-state index in [1.165, 1.54) is 35.4 Å². The first-order valence-electron chi connectivity index (χ1n) is 11.1. The summed E-state index contributed by atoms with van der Waals surface area (Å²) < 4.78 is 41.7. The molecule has 1 aliphatic rings. The van der Waals surface area contributed by atoms with Crippen molar-refractivity contribution in [2.24, 2.45) is 0 Å². The molecule has 0 atom stereocenters. The molecule has 0 amide bonds. The van der Waals surface area contributed by atoms with Crippen molar-refractivity contribution >= 4 is 27.2 Å². The summed E-state index contributed by atoms with van der Waals surface area (Å²) in [6.45, 7) is 5.29. The monoisotopic (exact) mass is 462 g/mol. The molecule has 0 saturated carbocycles. The topological polar surface area (TPSA) is 28.6 Å². The smallest absolute Gasteiger partial charge is 0.406 e. The molecule has 0 spiro atoms. The summed E-state index contributed by atoms with van der Waals surface area (Å²) in [7, 11) is 0. The van der Waals surface area contributed by atoms with Gasteiger partial charge in [-0.2, -0.15) is 0 Å². The number of hydrogen-bond acceptors (Lipinski definition) is 5. The van der Waals surface area contributed by atoms with E-state index in [0.29, 0.717) is 0 Å². The molecule has 32 heavy (non-hydrogen) atoms. The molecule has 0 bridgehead atoms. The van der Waals surface area contributed by atoms with Gasteiger partial charge in [0.2, 0.25) is 0 Å². The number of nitrogens with zero attached hydrogens (tertiary/aromatic N) is 3. The number of para-hydroxylation sites is 1. The lowest BCUT2D eigenvalue weighted by atomic mass is 10.1. The molecule has 2 heterocycles. The van der Waals surface area contributed by atoms with Crippen molar-refractivity contribution in [3.8, 4) is 5.75 Å². The van der Waals surface area contributed by atoms with Crippen molar-refractivity contribution in [3.63, 3.8) is 0 Å². The molecular formula is C24H27F3N3OS. The van der Waals surface area contributed by atoms with Crippen LogP contribution in [0.2, 0.25) is 0 Å².